The molecule has 0 fully saturated rings. The van der Waals surface area contributed by atoms with E-state index >= 15 is 0 Å². The summed E-state index contributed by atoms with van der Waals surface area (Å²) in [5, 5.41) is 3.72. The average molecular weight is 523 g/mol. The van der Waals surface area contributed by atoms with E-state index in [1.807, 2.05) is 86.6 Å². The van der Waals surface area contributed by atoms with Crippen LogP contribution in [0.1, 0.15) is 43.4 Å². The van der Waals surface area contributed by atoms with Gasteiger partial charge < -0.3 is 10.2 Å². The van der Waals surface area contributed by atoms with Crippen LogP contribution in [-0.4, -0.2) is 34.6 Å². The van der Waals surface area contributed by atoms with Crippen molar-refractivity contribution in [1.29, 1.82) is 0 Å². The summed E-state index contributed by atoms with van der Waals surface area (Å²) in [7, 11) is 0. The molecule has 0 saturated heterocycles. The SMILES string of the molecule is CC[C@@H](C)NC(=O)[C@H](Cc1ccccc1)N(Cc1cccc(Cl)c1)C(=O)CCSCc1ccccc1. The van der Waals surface area contributed by atoms with Crippen molar-refractivity contribution in [3.8, 4) is 0 Å². The maximum absolute atomic E-state index is 13.6. The molecule has 0 bridgehead atoms. The maximum atomic E-state index is 13.6. The van der Waals surface area contributed by atoms with Crippen LogP contribution in [0, 0.1) is 0 Å². The average Bonchev–Trinajstić information content (AvgIpc) is 2.89. The van der Waals surface area contributed by atoms with Crippen LogP contribution >= 0.6 is 23.4 Å². The number of amides is 2. The lowest BCUT2D eigenvalue weighted by Crippen LogP contribution is -2.52. The molecule has 0 unspecified atom stereocenters. The van der Waals surface area contributed by atoms with Gasteiger partial charge in [-0.2, -0.15) is 11.8 Å². The summed E-state index contributed by atoms with van der Waals surface area (Å²) >= 11 is 7.97. The summed E-state index contributed by atoms with van der Waals surface area (Å²) in [6, 6.07) is 27.0. The van der Waals surface area contributed by atoms with E-state index in [9.17, 15) is 9.59 Å². The molecule has 2 amide bonds. The van der Waals surface area contributed by atoms with Crippen molar-refractivity contribution in [1.82, 2.24) is 10.2 Å². The van der Waals surface area contributed by atoms with Gasteiger partial charge in [-0.1, -0.05) is 91.3 Å². The summed E-state index contributed by atoms with van der Waals surface area (Å²) in [5.74, 6) is 1.38. The molecule has 0 aromatic heterocycles. The zero-order chi connectivity index (χ0) is 25.8. The Morgan fingerprint density at radius 2 is 1.56 bits per heavy atom. The molecule has 0 radical (unpaired) electrons. The van der Waals surface area contributed by atoms with Gasteiger partial charge in [-0.25, -0.2) is 0 Å². The second kappa shape index (κ2) is 14.7. The first-order valence-electron chi connectivity index (χ1n) is 12.5. The van der Waals surface area contributed by atoms with Gasteiger partial charge in [0.15, 0.2) is 0 Å². The number of carbonyl (C=O) groups excluding carboxylic acids is 2. The maximum Gasteiger partial charge on any atom is 0.243 e. The number of carbonyl (C=O) groups is 2. The van der Waals surface area contributed by atoms with Crippen LogP contribution in [0.5, 0.6) is 0 Å². The number of halogens is 1. The summed E-state index contributed by atoms with van der Waals surface area (Å²) in [6.07, 6.45) is 1.63. The van der Waals surface area contributed by atoms with E-state index in [1.165, 1.54) is 5.56 Å². The Labute approximate surface area is 224 Å². The number of hydrogen-bond donors (Lipinski definition) is 1. The Balaban J connectivity index is 1.80. The van der Waals surface area contributed by atoms with Gasteiger partial charge in [-0.05, 0) is 42.2 Å². The minimum absolute atomic E-state index is 0.0281. The fraction of sp³-hybridized carbons (Fsp3) is 0.333. The first-order chi connectivity index (χ1) is 17.5. The molecule has 4 nitrogen and oxygen atoms in total. The molecular formula is C30H35ClN2O2S. The molecule has 3 aromatic rings. The summed E-state index contributed by atoms with van der Waals surface area (Å²) in [6.45, 7) is 4.35. The van der Waals surface area contributed by atoms with Gasteiger partial charge in [0.05, 0.1) is 0 Å². The zero-order valence-electron chi connectivity index (χ0n) is 21.0. The van der Waals surface area contributed by atoms with E-state index in [2.05, 4.69) is 17.4 Å². The van der Waals surface area contributed by atoms with Crippen LogP contribution in [0.15, 0.2) is 84.9 Å². The van der Waals surface area contributed by atoms with Crippen molar-refractivity contribution in [3.05, 3.63) is 107 Å². The largest absolute Gasteiger partial charge is 0.352 e. The predicted molar refractivity (Wildman–Crippen MR) is 151 cm³/mol. The van der Waals surface area contributed by atoms with Gasteiger partial charge in [0.25, 0.3) is 0 Å². The lowest BCUT2D eigenvalue weighted by molar-refractivity contribution is -0.141. The molecule has 0 aliphatic carbocycles. The van der Waals surface area contributed by atoms with Crippen LogP contribution in [0.25, 0.3) is 0 Å². The molecule has 0 aliphatic heterocycles. The molecule has 0 spiro atoms. The van der Waals surface area contributed by atoms with Crippen molar-refractivity contribution in [2.45, 2.75) is 57.5 Å². The first-order valence-corrected chi connectivity index (χ1v) is 14.0. The van der Waals surface area contributed by atoms with Crippen molar-refractivity contribution in [3.63, 3.8) is 0 Å². The molecule has 0 saturated carbocycles. The molecule has 6 heteroatoms. The lowest BCUT2D eigenvalue weighted by Gasteiger charge is -2.32. The molecular weight excluding hydrogens is 488 g/mol. The lowest BCUT2D eigenvalue weighted by atomic mass is 10.0. The second-order valence-electron chi connectivity index (χ2n) is 8.96. The van der Waals surface area contributed by atoms with Gasteiger partial charge in [-0.3, -0.25) is 9.59 Å². The molecule has 2 atom stereocenters. The molecule has 1 N–H and O–H groups in total. The normalized spacial score (nSPS) is 12.5. The molecule has 0 aliphatic rings. The van der Waals surface area contributed by atoms with Crippen molar-refractivity contribution < 1.29 is 9.59 Å². The monoisotopic (exact) mass is 522 g/mol. The Morgan fingerprint density at radius 3 is 2.19 bits per heavy atom. The number of benzene rings is 3. The third-order valence-corrected chi connectivity index (χ3v) is 7.35. The molecule has 36 heavy (non-hydrogen) atoms. The Kier molecular flexibility index (Phi) is 11.4. The number of nitrogens with zero attached hydrogens (tertiary/aromatic N) is 1. The molecule has 0 heterocycles. The minimum Gasteiger partial charge on any atom is -0.352 e. The van der Waals surface area contributed by atoms with Gasteiger partial charge in [0.1, 0.15) is 6.04 Å². The highest BCUT2D eigenvalue weighted by Gasteiger charge is 2.30. The van der Waals surface area contributed by atoms with Crippen LogP contribution < -0.4 is 5.32 Å². The molecule has 190 valence electrons. The van der Waals surface area contributed by atoms with E-state index < -0.39 is 6.04 Å². The van der Waals surface area contributed by atoms with Gasteiger partial charge in [0, 0.05) is 42.0 Å². The quantitative estimate of drug-likeness (QED) is 0.260. The Bertz CT molecular complexity index is 1090. The number of rotatable bonds is 13. The number of hydrogen-bond acceptors (Lipinski definition) is 3. The van der Waals surface area contributed by atoms with E-state index in [1.54, 1.807) is 16.7 Å². The van der Waals surface area contributed by atoms with Crippen molar-refractivity contribution in [2.75, 3.05) is 5.75 Å². The van der Waals surface area contributed by atoms with Gasteiger partial charge in [-0.15, -0.1) is 0 Å². The van der Waals surface area contributed by atoms with Gasteiger partial charge >= 0.3 is 0 Å². The fourth-order valence-electron chi connectivity index (χ4n) is 3.89. The Hall–Kier alpha value is -2.76. The number of nitrogens with one attached hydrogen (secondary N) is 1. The molecule has 3 aromatic carbocycles. The zero-order valence-corrected chi connectivity index (χ0v) is 22.6. The summed E-state index contributed by atoms with van der Waals surface area (Å²) in [5.41, 5.74) is 3.16. The van der Waals surface area contributed by atoms with Gasteiger partial charge in [0.2, 0.25) is 11.8 Å². The van der Waals surface area contributed by atoms with Crippen molar-refractivity contribution >= 4 is 35.2 Å². The van der Waals surface area contributed by atoms with E-state index in [-0.39, 0.29) is 17.9 Å². The fourth-order valence-corrected chi connectivity index (χ4v) is 5.00. The smallest absolute Gasteiger partial charge is 0.243 e. The van der Waals surface area contributed by atoms with Crippen LogP contribution in [0.2, 0.25) is 5.02 Å². The summed E-state index contributed by atoms with van der Waals surface area (Å²) < 4.78 is 0. The highest BCUT2D eigenvalue weighted by Crippen LogP contribution is 2.20. The standard InChI is InChI=1S/C30H35ClN2O2S/c1-3-23(2)32-30(35)28(20-24-11-6-4-7-12-24)33(21-26-15-10-16-27(31)19-26)29(34)17-18-36-22-25-13-8-5-9-14-25/h4-16,19,23,28H,3,17-18,20-22H2,1-2H3,(H,32,35)/t23-,28+/m1/s1. The van der Waals surface area contributed by atoms with Crippen LogP contribution in [0.3, 0.4) is 0 Å². The van der Waals surface area contributed by atoms with Crippen LogP contribution in [0.4, 0.5) is 0 Å². The van der Waals surface area contributed by atoms with E-state index in [4.69, 9.17) is 11.6 Å². The number of thioether (sulfide) groups is 1. The third kappa shape index (κ3) is 9.03. The minimum atomic E-state index is -0.619. The second-order valence-corrected chi connectivity index (χ2v) is 10.5. The van der Waals surface area contributed by atoms with Crippen LogP contribution in [-0.2, 0) is 28.3 Å². The summed E-state index contributed by atoms with van der Waals surface area (Å²) in [4.78, 5) is 28.9. The highest BCUT2D eigenvalue weighted by atomic mass is 35.5. The van der Waals surface area contributed by atoms with Crippen molar-refractivity contribution in [2.24, 2.45) is 0 Å². The molecule has 3 rings (SSSR count). The third-order valence-electron chi connectivity index (χ3n) is 6.09. The first kappa shape index (κ1) is 27.8. The topological polar surface area (TPSA) is 49.4 Å². The van der Waals surface area contributed by atoms with E-state index in [0.29, 0.717) is 30.2 Å². The predicted octanol–water partition coefficient (Wildman–Crippen LogP) is 6.52. The Morgan fingerprint density at radius 1 is 0.917 bits per heavy atom. The highest BCUT2D eigenvalue weighted by molar-refractivity contribution is 7.98. The van der Waals surface area contributed by atoms with E-state index in [0.717, 1.165) is 23.3 Å².